The quantitative estimate of drug-likeness (QED) is 0.108. The first-order valence-corrected chi connectivity index (χ1v) is 16.2. The Labute approximate surface area is 275 Å². The number of nitrogens with one attached hydrogen (secondary N) is 2. The van der Waals surface area contributed by atoms with Gasteiger partial charge in [-0.15, -0.1) is 0 Å². The fourth-order valence-electron chi connectivity index (χ4n) is 4.76. The molecule has 4 saturated heterocycles. The molecule has 0 aromatic heterocycles. The Morgan fingerprint density at radius 1 is 0.787 bits per heavy atom. The summed E-state index contributed by atoms with van der Waals surface area (Å²) in [5.41, 5.74) is -1.11. The minimum Gasteiger partial charge on any atom is -0.463 e. The lowest BCUT2D eigenvalue weighted by Gasteiger charge is -2.41. The van der Waals surface area contributed by atoms with Crippen LogP contribution in [0.25, 0.3) is 0 Å². The van der Waals surface area contributed by atoms with Crippen molar-refractivity contribution in [2.24, 2.45) is 9.98 Å². The average Bonchev–Trinajstić information content (AvgIpc) is 3.58. The van der Waals surface area contributed by atoms with Gasteiger partial charge in [0, 0.05) is 46.7 Å². The summed E-state index contributed by atoms with van der Waals surface area (Å²) in [7, 11) is 0. The van der Waals surface area contributed by atoms with Crippen molar-refractivity contribution >= 4 is 51.8 Å². The SMILES string of the molecule is CC(=O)OC[C@H]1O[C@@H]2SC(=NCCC(F)F)N[C@@H]2[C@@H](OC(C)=O)[C@@H]1OC(C)=O.OC[C@H]1O[C@@H]2SC(=NCCC(F)F)N[C@@H]2[C@@H](O)[C@@H]1O. The van der Waals surface area contributed by atoms with Crippen LogP contribution in [0.15, 0.2) is 9.98 Å². The number of amidine groups is 2. The number of fused-ring (bicyclic) bond motifs is 2. The van der Waals surface area contributed by atoms with E-state index in [0.29, 0.717) is 10.3 Å². The second-order valence-electron chi connectivity index (χ2n) is 10.5. The van der Waals surface area contributed by atoms with E-state index in [1.165, 1.54) is 20.8 Å². The van der Waals surface area contributed by atoms with Gasteiger partial charge in [0.05, 0.1) is 12.6 Å². The molecule has 4 heterocycles. The molecular weight excluding hydrogens is 684 g/mol. The first kappa shape index (κ1) is 39.0. The van der Waals surface area contributed by atoms with Crippen LogP contribution in [-0.4, -0.2) is 142 Å². The Kier molecular flexibility index (Phi) is 15.2. The Bertz CT molecular complexity index is 1140. The van der Waals surface area contributed by atoms with Gasteiger partial charge in [0.2, 0.25) is 12.9 Å². The Morgan fingerprint density at radius 3 is 1.77 bits per heavy atom. The molecular formula is C26H38F4N4O11S2. The molecule has 0 bridgehead atoms. The summed E-state index contributed by atoms with van der Waals surface area (Å²) >= 11 is 2.30. The highest BCUT2D eigenvalue weighted by Gasteiger charge is 2.54. The zero-order chi connectivity index (χ0) is 34.8. The molecule has 0 aromatic carbocycles. The Morgan fingerprint density at radius 2 is 1.28 bits per heavy atom. The van der Waals surface area contributed by atoms with Crippen LogP contribution in [-0.2, 0) is 38.1 Å². The molecule has 0 aromatic rings. The van der Waals surface area contributed by atoms with Gasteiger partial charge < -0.3 is 49.6 Å². The molecule has 4 aliphatic rings. The van der Waals surface area contributed by atoms with Crippen molar-refractivity contribution in [3.63, 3.8) is 0 Å². The van der Waals surface area contributed by atoms with E-state index in [-0.39, 0.29) is 32.5 Å². The largest absolute Gasteiger partial charge is 0.463 e. The predicted molar refractivity (Wildman–Crippen MR) is 159 cm³/mol. The summed E-state index contributed by atoms with van der Waals surface area (Å²) in [6.07, 6.45) is -11.6. The maximum atomic E-state index is 12.3. The van der Waals surface area contributed by atoms with Gasteiger partial charge in [0.15, 0.2) is 22.5 Å². The molecule has 0 unspecified atom stereocenters. The number of carbonyl (C=O) groups excluding carboxylic acids is 3. The molecule has 0 radical (unpaired) electrons. The number of ether oxygens (including phenoxy) is 5. The van der Waals surface area contributed by atoms with Gasteiger partial charge in [-0.2, -0.15) is 0 Å². The highest BCUT2D eigenvalue weighted by Crippen LogP contribution is 2.37. The third kappa shape index (κ3) is 11.6. The molecule has 47 heavy (non-hydrogen) atoms. The van der Waals surface area contributed by atoms with Crippen molar-refractivity contribution in [2.75, 3.05) is 26.3 Å². The van der Waals surface area contributed by atoms with Gasteiger partial charge in [0.1, 0.15) is 47.9 Å². The fraction of sp³-hybridized carbons (Fsp3) is 0.808. The van der Waals surface area contributed by atoms with Gasteiger partial charge in [-0.1, -0.05) is 23.5 Å². The maximum Gasteiger partial charge on any atom is 0.303 e. The number of hydrogen-bond donors (Lipinski definition) is 5. The normalized spacial score (nSPS) is 34.6. The first-order valence-electron chi connectivity index (χ1n) is 14.5. The van der Waals surface area contributed by atoms with Crippen LogP contribution in [0.5, 0.6) is 0 Å². The van der Waals surface area contributed by atoms with Gasteiger partial charge in [-0.25, -0.2) is 17.6 Å². The van der Waals surface area contributed by atoms with Crippen LogP contribution in [0.3, 0.4) is 0 Å². The van der Waals surface area contributed by atoms with Crippen LogP contribution in [0.2, 0.25) is 0 Å². The van der Waals surface area contributed by atoms with Gasteiger partial charge in [0.25, 0.3) is 0 Å². The van der Waals surface area contributed by atoms with Crippen molar-refractivity contribution in [3.05, 3.63) is 0 Å². The summed E-state index contributed by atoms with van der Waals surface area (Å²) in [5.74, 6) is -1.79. The molecule has 0 amide bonds. The molecule has 0 aliphatic carbocycles. The number of alkyl halides is 4. The van der Waals surface area contributed by atoms with Crippen molar-refractivity contribution in [1.82, 2.24) is 10.6 Å². The summed E-state index contributed by atoms with van der Waals surface area (Å²) in [4.78, 5) is 42.3. The first-order chi connectivity index (χ1) is 22.2. The monoisotopic (exact) mass is 722 g/mol. The summed E-state index contributed by atoms with van der Waals surface area (Å²) in [6, 6.07) is -1.19. The van der Waals surface area contributed by atoms with Crippen LogP contribution in [0.1, 0.15) is 33.6 Å². The van der Waals surface area contributed by atoms with E-state index in [0.717, 1.165) is 23.5 Å². The van der Waals surface area contributed by atoms with E-state index in [2.05, 4.69) is 20.6 Å². The molecule has 4 rings (SSSR count). The molecule has 21 heteroatoms. The Balaban J connectivity index is 0.000000274. The lowest BCUT2D eigenvalue weighted by Crippen LogP contribution is -2.62. The standard InChI is InChI=1S/C16H22F2N2O7S.C10H16F2N2O4S/c1-7(21)24-6-10-13(25-8(2)22)14(26-9(3)23)12-15(27-10)28-16(20-12)19-5-4-11(17)18;11-5(12)1-2-13-10-14-6-8(17)7(16)4(3-15)18-9(6)19-10/h10-15H,4-6H2,1-3H3,(H,19,20);4-9,15-17H,1-3H2,(H,13,14)/t10-,12-,13-,14-,15-;4-,6-,7-,8-,9-/m11/s1. The van der Waals surface area contributed by atoms with E-state index in [1.54, 1.807) is 0 Å². The number of aliphatic hydroxyl groups is 3. The number of aliphatic hydroxyl groups excluding tert-OH is 3. The van der Waals surface area contributed by atoms with Crippen molar-refractivity contribution < 1.29 is 70.9 Å². The highest BCUT2D eigenvalue weighted by molar-refractivity contribution is 8.14. The number of halogens is 4. The number of carbonyl (C=O) groups is 3. The zero-order valence-electron chi connectivity index (χ0n) is 25.5. The van der Waals surface area contributed by atoms with E-state index in [9.17, 15) is 42.2 Å². The summed E-state index contributed by atoms with van der Waals surface area (Å²) in [5, 5.41) is 35.2. The topological polar surface area (TPSA) is 207 Å². The fourth-order valence-corrected chi connectivity index (χ4v) is 7.08. The molecule has 10 atom stereocenters. The van der Waals surface area contributed by atoms with Crippen molar-refractivity contribution in [1.29, 1.82) is 0 Å². The number of thioether (sulfide) groups is 2. The van der Waals surface area contributed by atoms with E-state index in [4.69, 9.17) is 28.8 Å². The smallest absolute Gasteiger partial charge is 0.303 e. The minimum atomic E-state index is -2.47. The Hall–Kier alpha value is -2.43. The molecule has 4 aliphatic heterocycles. The number of nitrogens with zero attached hydrogens (tertiary/aromatic N) is 2. The van der Waals surface area contributed by atoms with Gasteiger partial charge in [-0.05, 0) is 0 Å². The van der Waals surface area contributed by atoms with Gasteiger partial charge >= 0.3 is 17.9 Å². The number of hydrogen-bond acceptors (Lipinski definition) is 15. The van der Waals surface area contributed by atoms with Crippen LogP contribution in [0, 0.1) is 0 Å². The van der Waals surface area contributed by atoms with E-state index >= 15 is 0 Å². The lowest BCUT2D eigenvalue weighted by atomic mass is 9.97. The average molecular weight is 723 g/mol. The lowest BCUT2D eigenvalue weighted by molar-refractivity contribution is -0.209. The third-order valence-corrected chi connectivity index (χ3v) is 9.04. The van der Waals surface area contributed by atoms with Crippen LogP contribution < -0.4 is 10.6 Å². The van der Waals surface area contributed by atoms with Crippen LogP contribution in [0.4, 0.5) is 17.6 Å². The minimum absolute atomic E-state index is 0.0193. The molecule has 15 nitrogen and oxygen atoms in total. The number of aliphatic imine (C=N–C) groups is 2. The second kappa shape index (κ2) is 18.4. The number of esters is 3. The molecule has 0 spiro atoms. The maximum absolute atomic E-state index is 12.3. The summed E-state index contributed by atoms with van der Waals surface area (Å²) in [6.45, 7) is 2.88. The van der Waals surface area contributed by atoms with E-state index in [1.807, 2.05) is 0 Å². The summed E-state index contributed by atoms with van der Waals surface area (Å²) < 4.78 is 75.5. The number of rotatable bonds is 11. The molecule has 4 fully saturated rings. The van der Waals surface area contributed by atoms with Crippen molar-refractivity contribution in [2.45, 2.75) is 106 Å². The predicted octanol–water partition coefficient (Wildman–Crippen LogP) is -0.00440. The van der Waals surface area contributed by atoms with Crippen LogP contribution >= 0.6 is 23.5 Å². The second-order valence-corrected chi connectivity index (χ2v) is 12.7. The molecule has 268 valence electrons. The van der Waals surface area contributed by atoms with Gasteiger partial charge in [-0.3, -0.25) is 24.4 Å². The molecule has 5 N–H and O–H groups in total. The third-order valence-electron chi connectivity index (χ3n) is 6.82. The van der Waals surface area contributed by atoms with Crippen molar-refractivity contribution in [3.8, 4) is 0 Å². The van der Waals surface area contributed by atoms with E-state index < -0.39 is 96.9 Å². The highest BCUT2D eigenvalue weighted by atomic mass is 32.2. The zero-order valence-corrected chi connectivity index (χ0v) is 27.1. The molecule has 0 saturated carbocycles.